The van der Waals surface area contributed by atoms with Crippen LogP contribution in [0.4, 0.5) is 16.3 Å². The van der Waals surface area contributed by atoms with Crippen molar-refractivity contribution in [2.24, 2.45) is 11.8 Å². The minimum atomic E-state index is 0.0593. The van der Waals surface area contributed by atoms with E-state index in [1.807, 2.05) is 41.4 Å². The molecule has 1 saturated heterocycles. The van der Waals surface area contributed by atoms with Crippen molar-refractivity contribution in [3.8, 4) is 0 Å². The van der Waals surface area contributed by atoms with Crippen LogP contribution in [-0.2, 0) is 13.1 Å². The zero-order valence-electron chi connectivity index (χ0n) is 14.9. The number of benzene rings is 1. The van der Waals surface area contributed by atoms with E-state index < -0.39 is 0 Å². The molecule has 3 aliphatic rings. The lowest BCUT2D eigenvalue weighted by Crippen LogP contribution is -2.34. The Bertz CT molecular complexity index is 810. The molecule has 5 nitrogen and oxygen atoms in total. The van der Waals surface area contributed by atoms with Crippen LogP contribution in [0.2, 0.25) is 0 Å². The number of amides is 2. The van der Waals surface area contributed by atoms with E-state index in [1.54, 1.807) is 0 Å². The van der Waals surface area contributed by atoms with Gasteiger partial charge in [0.2, 0.25) is 0 Å². The standard InChI is InChI=1S/C21H24N4O/c26-21(25-11-15-5-3-6-16(15)12-25)23-19-8-4-7-17-13-24(14-18(17)19)20-9-1-2-10-22-20/h1-2,4,7-10,15-16H,3,5-6,11-14H2,(H,23,26)/t15-,16-/m1/s1. The Balaban J connectivity index is 1.31. The first-order chi connectivity index (χ1) is 12.8. The lowest BCUT2D eigenvalue weighted by Gasteiger charge is -2.19. The van der Waals surface area contributed by atoms with Crippen molar-refractivity contribution < 1.29 is 4.79 Å². The van der Waals surface area contributed by atoms with Gasteiger partial charge in [-0.15, -0.1) is 0 Å². The first kappa shape index (κ1) is 15.7. The van der Waals surface area contributed by atoms with Crippen LogP contribution < -0.4 is 10.2 Å². The fourth-order valence-corrected chi connectivity index (χ4v) is 4.84. The van der Waals surface area contributed by atoms with Crippen molar-refractivity contribution in [1.29, 1.82) is 0 Å². The van der Waals surface area contributed by atoms with Crippen LogP contribution >= 0.6 is 0 Å². The molecule has 1 N–H and O–H groups in total. The highest BCUT2D eigenvalue weighted by molar-refractivity contribution is 5.91. The molecule has 0 radical (unpaired) electrons. The first-order valence-electron chi connectivity index (χ1n) is 9.60. The fraction of sp³-hybridized carbons (Fsp3) is 0.429. The number of anilines is 2. The van der Waals surface area contributed by atoms with E-state index in [4.69, 9.17) is 0 Å². The van der Waals surface area contributed by atoms with Crippen LogP contribution in [0.25, 0.3) is 0 Å². The number of fused-ring (bicyclic) bond motifs is 2. The molecule has 2 atom stereocenters. The summed E-state index contributed by atoms with van der Waals surface area (Å²) in [6, 6.07) is 12.2. The highest BCUT2D eigenvalue weighted by Gasteiger charge is 2.38. The number of rotatable bonds is 2. The second-order valence-electron chi connectivity index (χ2n) is 7.77. The van der Waals surface area contributed by atoms with Gasteiger partial charge in [-0.05, 0) is 48.4 Å². The molecule has 3 heterocycles. The van der Waals surface area contributed by atoms with Crippen molar-refractivity contribution in [2.75, 3.05) is 23.3 Å². The monoisotopic (exact) mass is 348 g/mol. The zero-order valence-corrected chi connectivity index (χ0v) is 14.9. The fourth-order valence-electron chi connectivity index (χ4n) is 4.84. The van der Waals surface area contributed by atoms with Gasteiger partial charge in [-0.1, -0.05) is 24.6 Å². The van der Waals surface area contributed by atoms with Crippen LogP contribution in [0.1, 0.15) is 30.4 Å². The van der Waals surface area contributed by atoms with E-state index in [0.29, 0.717) is 0 Å². The number of aromatic nitrogens is 1. The number of pyridine rings is 1. The molecule has 1 saturated carbocycles. The summed E-state index contributed by atoms with van der Waals surface area (Å²) in [6.07, 6.45) is 5.73. The van der Waals surface area contributed by atoms with Crippen LogP contribution in [0, 0.1) is 11.8 Å². The molecule has 0 spiro atoms. The summed E-state index contributed by atoms with van der Waals surface area (Å²) in [5.41, 5.74) is 3.43. The lowest BCUT2D eigenvalue weighted by atomic mass is 10.0. The third-order valence-electron chi connectivity index (χ3n) is 6.21. The Morgan fingerprint density at radius 1 is 1.04 bits per heavy atom. The smallest absolute Gasteiger partial charge is 0.321 e. The first-order valence-corrected chi connectivity index (χ1v) is 9.60. The Labute approximate surface area is 154 Å². The van der Waals surface area contributed by atoms with E-state index >= 15 is 0 Å². The molecular formula is C21H24N4O. The van der Waals surface area contributed by atoms with Crippen molar-refractivity contribution in [3.63, 3.8) is 0 Å². The Morgan fingerprint density at radius 3 is 2.65 bits per heavy atom. The van der Waals surface area contributed by atoms with Crippen molar-refractivity contribution in [3.05, 3.63) is 53.7 Å². The Morgan fingerprint density at radius 2 is 1.88 bits per heavy atom. The Hall–Kier alpha value is -2.56. The molecule has 2 amide bonds. The summed E-state index contributed by atoms with van der Waals surface area (Å²) >= 11 is 0. The predicted molar refractivity (Wildman–Crippen MR) is 102 cm³/mol. The van der Waals surface area contributed by atoms with Crippen molar-refractivity contribution in [1.82, 2.24) is 9.88 Å². The third kappa shape index (κ3) is 2.71. The number of hydrogen-bond acceptors (Lipinski definition) is 3. The molecule has 5 heteroatoms. The molecule has 0 unspecified atom stereocenters. The quantitative estimate of drug-likeness (QED) is 0.896. The van der Waals surface area contributed by atoms with Gasteiger partial charge in [0.15, 0.2) is 0 Å². The van der Waals surface area contributed by atoms with Crippen molar-refractivity contribution in [2.45, 2.75) is 32.4 Å². The summed E-state index contributed by atoms with van der Waals surface area (Å²) in [6.45, 7) is 3.47. The predicted octanol–water partition coefficient (Wildman–Crippen LogP) is 3.87. The minimum absolute atomic E-state index is 0.0593. The van der Waals surface area contributed by atoms with E-state index in [1.165, 1.54) is 30.4 Å². The highest BCUT2D eigenvalue weighted by atomic mass is 16.2. The van der Waals surface area contributed by atoms with E-state index in [0.717, 1.165) is 49.5 Å². The number of carbonyl (C=O) groups is 1. The summed E-state index contributed by atoms with van der Waals surface area (Å²) < 4.78 is 0. The van der Waals surface area contributed by atoms with Gasteiger partial charge < -0.3 is 15.1 Å². The normalized spacial score (nSPS) is 23.8. The second kappa shape index (κ2) is 6.31. The van der Waals surface area contributed by atoms with Crippen LogP contribution in [-0.4, -0.2) is 29.0 Å². The molecule has 1 aliphatic carbocycles. The van der Waals surface area contributed by atoms with Gasteiger partial charge in [-0.2, -0.15) is 0 Å². The molecule has 1 aromatic heterocycles. The Kier molecular flexibility index (Phi) is 3.80. The molecular weight excluding hydrogens is 324 g/mol. The highest BCUT2D eigenvalue weighted by Crippen LogP contribution is 2.38. The summed E-state index contributed by atoms with van der Waals surface area (Å²) in [4.78, 5) is 21.5. The third-order valence-corrected chi connectivity index (χ3v) is 6.21. The zero-order chi connectivity index (χ0) is 17.5. The summed E-state index contributed by atoms with van der Waals surface area (Å²) in [7, 11) is 0. The number of urea groups is 1. The molecule has 26 heavy (non-hydrogen) atoms. The van der Waals surface area contributed by atoms with Gasteiger partial charge in [0, 0.05) is 43.6 Å². The maximum absolute atomic E-state index is 12.8. The number of hydrogen-bond donors (Lipinski definition) is 1. The number of carbonyl (C=O) groups excluding carboxylic acids is 1. The van der Waals surface area contributed by atoms with Crippen LogP contribution in [0.15, 0.2) is 42.6 Å². The molecule has 1 aromatic carbocycles. The number of nitrogens with one attached hydrogen (secondary N) is 1. The molecule has 0 bridgehead atoms. The average Bonchev–Trinajstić information content (AvgIpc) is 3.37. The summed E-state index contributed by atoms with van der Waals surface area (Å²) in [5, 5.41) is 3.19. The van der Waals surface area contributed by atoms with Gasteiger partial charge in [-0.3, -0.25) is 0 Å². The molecule has 5 rings (SSSR count). The lowest BCUT2D eigenvalue weighted by molar-refractivity contribution is 0.219. The molecule has 134 valence electrons. The molecule has 2 aliphatic heterocycles. The van der Waals surface area contributed by atoms with Gasteiger partial charge in [-0.25, -0.2) is 9.78 Å². The number of nitrogens with zero attached hydrogens (tertiary/aromatic N) is 3. The van der Waals surface area contributed by atoms with E-state index in [-0.39, 0.29) is 6.03 Å². The summed E-state index contributed by atoms with van der Waals surface area (Å²) in [5.74, 6) is 2.43. The topological polar surface area (TPSA) is 48.5 Å². The SMILES string of the molecule is O=C(Nc1cccc2c1CN(c1ccccn1)C2)N1C[C@H]2CCC[C@@H]2C1. The minimum Gasteiger partial charge on any atom is -0.348 e. The van der Waals surface area contributed by atoms with Crippen molar-refractivity contribution >= 4 is 17.5 Å². The van der Waals surface area contributed by atoms with E-state index in [2.05, 4.69) is 21.3 Å². The van der Waals surface area contributed by atoms with Gasteiger partial charge >= 0.3 is 6.03 Å². The maximum Gasteiger partial charge on any atom is 0.321 e. The maximum atomic E-state index is 12.8. The van der Waals surface area contributed by atoms with Gasteiger partial charge in [0.1, 0.15) is 5.82 Å². The number of likely N-dealkylation sites (tertiary alicyclic amines) is 1. The largest absolute Gasteiger partial charge is 0.348 e. The molecule has 2 fully saturated rings. The van der Waals surface area contributed by atoms with E-state index in [9.17, 15) is 4.79 Å². The second-order valence-corrected chi connectivity index (χ2v) is 7.77. The van der Waals surface area contributed by atoms with Crippen LogP contribution in [0.5, 0.6) is 0 Å². The van der Waals surface area contributed by atoms with Gasteiger partial charge in [0.05, 0.1) is 0 Å². The van der Waals surface area contributed by atoms with Crippen LogP contribution in [0.3, 0.4) is 0 Å². The average molecular weight is 348 g/mol. The molecule has 2 aromatic rings. The van der Waals surface area contributed by atoms with Gasteiger partial charge in [0.25, 0.3) is 0 Å².